The molecule has 2 aromatic rings. The van der Waals surface area contributed by atoms with E-state index in [1.807, 2.05) is 12.3 Å². The van der Waals surface area contributed by atoms with Crippen LogP contribution in [-0.2, 0) is 11.2 Å². The van der Waals surface area contributed by atoms with Gasteiger partial charge in [0.2, 0.25) is 0 Å². The molecule has 168 valence electrons. The van der Waals surface area contributed by atoms with Crippen LogP contribution in [0, 0.1) is 0 Å². The first-order chi connectivity index (χ1) is 15.2. The van der Waals surface area contributed by atoms with Gasteiger partial charge in [0.15, 0.2) is 17.3 Å². The van der Waals surface area contributed by atoms with Gasteiger partial charge in [0.1, 0.15) is 0 Å². The lowest BCUT2D eigenvalue weighted by molar-refractivity contribution is 0.0286. The van der Waals surface area contributed by atoms with Crippen molar-refractivity contribution in [2.75, 3.05) is 70.3 Å². The number of hydrogen-bond acceptors (Lipinski definition) is 7. The molecule has 1 aromatic carbocycles. The second kappa shape index (κ2) is 10.2. The summed E-state index contributed by atoms with van der Waals surface area (Å²) in [5.74, 6) is 2.64. The molecule has 3 heterocycles. The lowest BCUT2D eigenvalue weighted by atomic mass is 9.94. The average molecular weight is 427 g/mol. The van der Waals surface area contributed by atoms with Crippen LogP contribution >= 0.6 is 0 Å². The van der Waals surface area contributed by atoms with E-state index in [9.17, 15) is 0 Å². The molecule has 0 spiro atoms. The van der Waals surface area contributed by atoms with E-state index in [0.717, 1.165) is 81.7 Å². The summed E-state index contributed by atoms with van der Waals surface area (Å²) in [5, 5.41) is 3.43. The lowest BCUT2D eigenvalue weighted by Gasteiger charge is -2.37. The summed E-state index contributed by atoms with van der Waals surface area (Å²) < 4.78 is 17.1. The normalized spacial score (nSPS) is 19.1. The molecule has 1 atom stereocenters. The highest BCUT2D eigenvalue weighted by Gasteiger charge is 2.26. The highest BCUT2D eigenvalue weighted by atomic mass is 16.5. The predicted molar refractivity (Wildman–Crippen MR) is 124 cm³/mol. The summed E-state index contributed by atoms with van der Waals surface area (Å²) in [5.41, 5.74) is 3.67. The van der Waals surface area contributed by atoms with Gasteiger partial charge in [-0.25, -0.2) is 4.98 Å². The number of ether oxygens (including phenoxy) is 3. The molecule has 1 aromatic heterocycles. The zero-order valence-electron chi connectivity index (χ0n) is 18.9. The third-order valence-corrected chi connectivity index (χ3v) is 6.22. The first-order valence-electron chi connectivity index (χ1n) is 11.3. The Labute approximate surface area is 185 Å². The van der Waals surface area contributed by atoms with E-state index >= 15 is 0 Å². The van der Waals surface area contributed by atoms with Gasteiger partial charge < -0.3 is 24.4 Å². The molecule has 0 bridgehead atoms. The van der Waals surface area contributed by atoms with E-state index in [0.29, 0.717) is 0 Å². The van der Waals surface area contributed by atoms with Crippen molar-refractivity contribution in [2.45, 2.75) is 25.9 Å². The second-order valence-corrected chi connectivity index (χ2v) is 8.04. The van der Waals surface area contributed by atoms with Crippen molar-refractivity contribution in [3.05, 3.63) is 41.6 Å². The Bertz CT molecular complexity index is 868. The van der Waals surface area contributed by atoms with E-state index in [1.165, 1.54) is 11.1 Å². The van der Waals surface area contributed by atoms with Crippen molar-refractivity contribution in [2.24, 2.45) is 0 Å². The van der Waals surface area contributed by atoms with Crippen molar-refractivity contribution in [3.63, 3.8) is 0 Å². The Kier molecular flexibility index (Phi) is 7.14. The fraction of sp³-hybridized carbons (Fsp3) is 0.542. The Morgan fingerprint density at radius 1 is 1.13 bits per heavy atom. The number of benzene rings is 1. The Morgan fingerprint density at radius 2 is 1.90 bits per heavy atom. The van der Waals surface area contributed by atoms with Crippen LogP contribution in [0.25, 0.3) is 0 Å². The fourth-order valence-electron chi connectivity index (χ4n) is 4.55. The van der Waals surface area contributed by atoms with Gasteiger partial charge in [-0.05, 0) is 55.2 Å². The Balaban J connectivity index is 1.35. The van der Waals surface area contributed by atoms with Crippen LogP contribution in [0.2, 0.25) is 0 Å². The number of piperazine rings is 1. The van der Waals surface area contributed by atoms with Crippen molar-refractivity contribution in [3.8, 4) is 11.5 Å². The molecular weight excluding hydrogens is 392 g/mol. The maximum atomic E-state index is 6.15. The molecule has 0 aliphatic carbocycles. The molecule has 4 rings (SSSR count). The summed E-state index contributed by atoms with van der Waals surface area (Å²) in [7, 11) is 3.37. The molecule has 1 unspecified atom stereocenters. The van der Waals surface area contributed by atoms with E-state index < -0.39 is 0 Å². The molecule has 1 N–H and O–H groups in total. The molecule has 0 radical (unpaired) electrons. The van der Waals surface area contributed by atoms with Crippen molar-refractivity contribution < 1.29 is 14.2 Å². The van der Waals surface area contributed by atoms with Crippen molar-refractivity contribution >= 4 is 11.5 Å². The quantitative estimate of drug-likeness (QED) is 0.695. The fourth-order valence-corrected chi connectivity index (χ4v) is 4.55. The molecule has 1 fully saturated rings. The first-order valence-corrected chi connectivity index (χ1v) is 11.3. The lowest BCUT2D eigenvalue weighted by Crippen LogP contribution is -2.47. The Hall–Kier alpha value is -2.51. The smallest absolute Gasteiger partial charge is 0.161 e. The van der Waals surface area contributed by atoms with Crippen LogP contribution < -0.4 is 19.7 Å². The number of methoxy groups -OCH3 is 2. The maximum Gasteiger partial charge on any atom is 0.161 e. The monoisotopic (exact) mass is 426 g/mol. The SMILES string of the molecule is CCNc1cccnc1N1CCN(CCC2OCCc3cc(OC)c(OC)cc32)CC1. The van der Waals surface area contributed by atoms with Gasteiger partial charge in [0.25, 0.3) is 0 Å². The van der Waals surface area contributed by atoms with Gasteiger partial charge in [0, 0.05) is 45.5 Å². The summed E-state index contributed by atoms with van der Waals surface area (Å²) in [6.45, 7) is 8.85. The van der Waals surface area contributed by atoms with Gasteiger partial charge in [0.05, 0.1) is 32.6 Å². The number of fused-ring (bicyclic) bond motifs is 1. The van der Waals surface area contributed by atoms with Crippen LogP contribution in [-0.4, -0.2) is 70.0 Å². The largest absolute Gasteiger partial charge is 0.493 e. The second-order valence-electron chi connectivity index (χ2n) is 8.04. The number of pyridine rings is 1. The minimum absolute atomic E-state index is 0.109. The van der Waals surface area contributed by atoms with Crippen LogP contribution in [0.15, 0.2) is 30.5 Å². The van der Waals surface area contributed by atoms with E-state index in [2.05, 4.69) is 45.2 Å². The zero-order chi connectivity index (χ0) is 21.6. The van der Waals surface area contributed by atoms with E-state index in [1.54, 1.807) is 14.2 Å². The van der Waals surface area contributed by atoms with Crippen LogP contribution in [0.1, 0.15) is 30.6 Å². The molecule has 7 heteroatoms. The molecule has 0 amide bonds. The summed E-state index contributed by atoms with van der Waals surface area (Å²) in [4.78, 5) is 9.54. The number of nitrogens with one attached hydrogen (secondary N) is 1. The molecule has 31 heavy (non-hydrogen) atoms. The maximum absolute atomic E-state index is 6.15. The van der Waals surface area contributed by atoms with Crippen LogP contribution in [0.4, 0.5) is 11.5 Å². The van der Waals surface area contributed by atoms with E-state index in [-0.39, 0.29) is 6.10 Å². The molecule has 2 aliphatic rings. The number of aromatic nitrogens is 1. The minimum atomic E-state index is 0.109. The van der Waals surface area contributed by atoms with E-state index in [4.69, 9.17) is 14.2 Å². The van der Waals surface area contributed by atoms with Crippen molar-refractivity contribution in [1.29, 1.82) is 0 Å². The number of rotatable bonds is 8. The van der Waals surface area contributed by atoms with Crippen molar-refractivity contribution in [1.82, 2.24) is 9.88 Å². The highest BCUT2D eigenvalue weighted by Crippen LogP contribution is 2.38. The summed E-state index contributed by atoms with van der Waals surface area (Å²) in [6, 6.07) is 8.31. The van der Waals surface area contributed by atoms with Gasteiger partial charge in [-0.15, -0.1) is 0 Å². The topological polar surface area (TPSA) is 59.1 Å². The van der Waals surface area contributed by atoms with Gasteiger partial charge in [-0.3, -0.25) is 4.90 Å². The van der Waals surface area contributed by atoms with Gasteiger partial charge >= 0.3 is 0 Å². The third kappa shape index (κ3) is 4.88. The number of nitrogens with zero attached hydrogens (tertiary/aromatic N) is 3. The predicted octanol–water partition coefficient (Wildman–Crippen LogP) is 3.36. The van der Waals surface area contributed by atoms with Crippen LogP contribution in [0.3, 0.4) is 0 Å². The first kappa shape index (κ1) is 21.7. The molecule has 2 aliphatic heterocycles. The molecule has 7 nitrogen and oxygen atoms in total. The Morgan fingerprint density at radius 3 is 2.65 bits per heavy atom. The zero-order valence-corrected chi connectivity index (χ0v) is 18.9. The molecular formula is C24H34N4O3. The number of hydrogen-bond donors (Lipinski definition) is 1. The summed E-state index contributed by atoms with van der Waals surface area (Å²) >= 11 is 0. The van der Waals surface area contributed by atoms with Gasteiger partial charge in [-0.1, -0.05) is 0 Å². The average Bonchev–Trinajstić information content (AvgIpc) is 2.82. The molecule has 1 saturated heterocycles. The third-order valence-electron chi connectivity index (χ3n) is 6.22. The van der Waals surface area contributed by atoms with Gasteiger partial charge in [-0.2, -0.15) is 0 Å². The number of anilines is 2. The summed E-state index contributed by atoms with van der Waals surface area (Å²) in [6.07, 6.45) is 3.89. The minimum Gasteiger partial charge on any atom is -0.493 e. The van der Waals surface area contributed by atoms with Crippen LogP contribution in [0.5, 0.6) is 11.5 Å². The highest BCUT2D eigenvalue weighted by molar-refractivity contribution is 5.65. The standard InChI is InChI=1S/C24H34N4O3/c1-4-25-20-6-5-9-26-24(20)28-13-11-27(12-14-28)10-7-21-19-17-23(30-3)22(29-2)16-18(19)8-15-31-21/h5-6,9,16-17,21,25H,4,7-8,10-15H2,1-3H3. The molecule has 0 saturated carbocycles.